The monoisotopic (exact) mass is 241 g/mol. The van der Waals surface area contributed by atoms with Crippen LogP contribution < -0.4 is 22.3 Å². The first-order valence-corrected chi connectivity index (χ1v) is 5.61. The Balaban J connectivity index is 2.86. The molecule has 1 unspecified atom stereocenters. The maximum atomic E-state index is 11.7. The van der Waals surface area contributed by atoms with E-state index < -0.39 is 11.2 Å². The van der Waals surface area contributed by atoms with Crippen LogP contribution in [0.1, 0.15) is 19.8 Å². The van der Waals surface area contributed by atoms with E-state index in [0.717, 1.165) is 22.1 Å². The molecular formula is C10H19N5O2. The number of anilines is 1. The molecule has 0 aliphatic heterocycles. The number of nitrogens with two attached hydrogens (primary N) is 1. The maximum Gasteiger partial charge on any atom is 0.346 e. The summed E-state index contributed by atoms with van der Waals surface area (Å²) in [5.74, 6) is 0.154. The van der Waals surface area contributed by atoms with E-state index in [2.05, 4.69) is 10.4 Å². The van der Waals surface area contributed by atoms with Crippen molar-refractivity contribution in [3.05, 3.63) is 20.8 Å². The van der Waals surface area contributed by atoms with Crippen molar-refractivity contribution in [2.75, 3.05) is 11.9 Å². The smallest absolute Gasteiger partial charge is 0.346 e. The van der Waals surface area contributed by atoms with Crippen molar-refractivity contribution in [1.82, 2.24) is 14.3 Å². The average Bonchev–Trinajstić information content (AvgIpc) is 2.30. The van der Waals surface area contributed by atoms with E-state index in [1.54, 1.807) is 0 Å². The Morgan fingerprint density at radius 1 is 1.41 bits per heavy atom. The normalized spacial score (nSPS) is 12.5. The predicted molar refractivity (Wildman–Crippen MR) is 66.1 cm³/mol. The van der Waals surface area contributed by atoms with Crippen LogP contribution in [0.2, 0.25) is 0 Å². The number of rotatable bonds is 5. The van der Waals surface area contributed by atoms with E-state index >= 15 is 0 Å². The summed E-state index contributed by atoms with van der Waals surface area (Å²) in [4.78, 5) is 23.1. The van der Waals surface area contributed by atoms with Gasteiger partial charge in [-0.25, -0.2) is 9.48 Å². The van der Waals surface area contributed by atoms with Crippen LogP contribution >= 0.6 is 0 Å². The van der Waals surface area contributed by atoms with Crippen molar-refractivity contribution in [2.24, 2.45) is 19.8 Å². The van der Waals surface area contributed by atoms with Crippen molar-refractivity contribution in [3.63, 3.8) is 0 Å². The molecule has 1 rings (SSSR count). The largest absolute Gasteiger partial charge is 0.362 e. The fourth-order valence-corrected chi connectivity index (χ4v) is 1.51. The van der Waals surface area contributed by atoms with Crippen LogP contribution in [0.25, 0.3) is 0 Å². The first-order valence-electron chi connectivity index (χ1n) is 5.61. The van der Waals surface area contributed by atoms with E-state index in [1.165, 1.54) is 14.1 Å². The lowest BCUT2D eigenvalue weighted by molar-refractivity contribution is 0.592. The molecule has 0 radical (unpaired) electrons. The van der Waals surface area contributed by atoms with Crippen molar-refractivity contribution in [1.29, 1.82) is 0 Å². The first kappa shape index (κ1) is 13.4. The topological polar surface area (TPSA) is 94.9 Å². The number of aromatic nitrogens is 3. The van der Waals surface area contributed by atoms with E-state index in [-0.39, 0.29) is 11.9 Å². The van der Waals surface area contributed by atoms with E-state index in [0.29, 0.717) is 6.54 Å². The molecule has 7 heteroatoms. The Kier molecular flexibility index (Phi) is 4.45. The molecule has 1 heterocycles. The van der Waals surface area contributed by atoms with Gasteiger partial charge in [-0.05, 0) is 6.42 Å². The zero-order valence-electron chi connectivity index (χ0n) is 10.4. The van der Waals surface area contributed by atoms with Crippen LogP contribution in [-0.4, -0.2) is 26.9 Å². The molecule has 0 aromatic carbocycles. The van der Waals surface area contributed by atoms with Crippen LogP contribution in [0.4, 0.5) is 5.82 Å². The van der Waals surface area contributed by atoms with Gasteiger partial charge in [0, 0.05) is 26.7 Å². The van der Waals surface area contributed by atoms with Gasteiger partial charge in [-0.2, -0.15) is 0 Å². The van der Waals surface area contributed by atoms with Gasteiger partial charge in [0.15, 0.2) is 0 Å². The van der Waals surface area contributed by atoms with Crippen molar-refractivity contribution >= 4 is 5.82 Å². The second-order valence-electron chi connectivity index (χ2n) is 4.05. The van der Waals surface area contributed by atoms with Crippen LogP contribution in [0.5, 0.6) is 0 Å². The molecule has 17 heavy (non-hydrogen) atoms. The standard InChI is InChI=1S/C10H19N5O2/c1-4-5-7(11)6-12-8-9(16)14(2)10(17)15(3)13-8/h7H,4-6,11H2,1-3H3,(H,12,13). The highest BCUT2D eigenvalue weighted by Gasteiger charge is 2.09. The van der Waals surface area contributed by atoms with Gasteiger partial charge in [0.25, 0.3) is 5.56 Å². The molecule has 0 saturated heterocycles. The lowest BCUT2D eigenvalue weighted by Gasteiger charge is -2.12. The summed E-state index contributed by atoms with van der Waals surface area (Å²) in [6.45, 7) is 2.51. The van der Waals surface area contributed by atoms with E-state index in [1.807, 2.05) is 6.92 Å². The fourth-order valence-electron chi connectivity index (χ4n) is 1.51. The van der Waals surface area contributed by atoms with E-state index in [4.69, 9.17) is 5.73 Å². The van der Waals surface area contributed by atoms with Crippen LogP contribution in [0.3, 0.4) is 0 Å². The molecule has 0 aliphatic carbocycles. The second-order valence-corrected chi connectivity index (χ2v) is 4.05. The Hall–Kier alpha value is -1.63. The minimum atomic E-state index is -0.446. The molecule has 0 amide bonds. The van der Waals surface area contributed by atoms with Gasteiger partial charge in [0.1, 0.15) is 0 Å². The number of hydrogen-bond donors (Lipinski definition) is 2. The second kappa shape index (κ2) is 5.62. The Labute approximate surface area is 99.2 Å². The lowest BCUT2D eigenvalue weighted by Crippen LogP contribution is -2.41. The molecule has 96 valence electrons. The zero-order chi connectivity index (χ0) is 13.0. The zero-order valence-corrected chi connectivity index (χ0v) is 10.4. The summed E-state index contributed by atoms with van der Waals surface area (Å²) in [5.41, 5.74) is 4.94. The molecule has 7 nitrogen and oxygen atoms in total. The molecule has 0 fully saturated rings. The Morgan fingerprint density at radius 3 is 2.65 bits per heavy atom. The molecule has 3 N–H and O–H groups in total. The van der Waals surface area contributed by atoms with Gasteiger partial charge >= 0.3 is 5.69 Å². The van der Waals surface area contributed by atoms with Gasteiger partial charge < -0.3 is 11.1 Å². The summed E-state index contributed by atoms with van der Waals surface area (Å²) in [7, 11) is 2.92. The quantitative estimate of drug-likeness (QED) is 0.690. The van der Waals surface area contributed by atoms with Crippen LogP contribution in [0, 0.1) is 0 Å². The highest BCUT2D eigenvalue weighted by molar-refractivity contribution is 5.29. The average molecular weight is 241 g/mol. The third-order valence-electron chi connectivity index (χ3n) is 2.51. The summed E-state index contributed by atoms with van der Waals surface area (Å²) < 4.78 is 2.13. The van der Waals surface area contributed by atoms with Gasteiger partial charge in [-0.1, -0.05) is 13.3 Å². The predicted octanol–water partition coefficient (Wildman–Crippen LogP) is -0.982. The van der Waals surface area contributed by atoms with Gasteiger partial charge in [0.2, 0.25) is 5.82 Å². The molecule has 0 bridgehead atoms. The highest BCUT2D eigenvalue weighted by Crippen LogP contribution is 1.95. The maximum absolute atomic E-state index is 11.7. The molecule has 0 aliphatic rings. The number of hydrogen-bond acceptors (Lipinski definition) is 5. The minimum absolute atomic E-state index is 0.0243. The number of nitrogens with one attached hydrogen (secondary N) is 1. The SMILES string of the molecule is CCCC(N)CNc1nn(C)c(=O)n(C)c1=O. The number of aryl methyl sites for hydroxylation is 1. The fraction of sp³-hybridized carbons (Fsp3) is 0.700. The van der Waals surface area contributed by atoms with Crippen LogP contribution in [-0.2, 0) is 14.1 Å². The van der Waals surface area contributed by atoms with Gasteiger partial charge in [0.05, 0.1) is 0 Å². The molecule has 1 aromatic rings. The summed E-state index contributed by atoms with van der Waals surface area (Å²) >= 11 is 0. The summed E-state index contributed by atoms with van der Waals surface area (Å²) in [6, 6.07) is -0.0243. The summed E-state index contributed by atoms with van der Waals surface area (Å²) in [6.07, 6.45) is 1.86. The van der Waals surface area contributed by atoms with Gasteiger partial charge in [-0.15, -0.1) is 5.10 Å². The lowest BCUT2D eigenvalue weighted by atomic mass is 10.2. The first-order chi connectivity index (χ1) is 7.97. The highest BCUT2D eigenvalue weighted by atomic mass is 16.2. The van der Waals surface area contributed by atoms with E-state index in [9.17, 15) is 9.59 Å². The molecule has 0 spiro atoms. The third-order valence-corrected chi connectivity index (χ3v) is 2.51. The van der Waals surface area contributed by atoms with Crippen LogP contribution in [0.15, 0.2) is 9.59 Å². The number of nitrogens with zero attached hydrogens (tertiary/aromatic N) is 3. The summed E-state index contributed by atoms with van der Waals surface area (Å²) in [5, 5.41) is 6.75. The molecule has 0 saturated carbocycles. The third kappa shape index (κ3) is 3.16. The van der Waals surface area contributed by atoms with Crippen molar-refractivity contribution in [3.8, 4) is 0 Å². The van der Waals surface area contributed by atoms with Crippen molar-refractivity contribution in [2.45, 2.75) is 25.8 Å². The molecule has 1 aromatic heterocycles. The Bertz CT molecular complexity index is 490. The van der Waals surface area contributed by atoms with Crippen molar-refractivity contribution < 1.29 is 0 Å². The molecular weight excluding hydrogens is 222 g/mol. The Morgan fingerprint density at radius 2 is 2.06 bits per heavy atom. The van der Waals surface area contributed by atoms with Gasteiger partial charge in [-0.3, -0.25) is 9.36 Å². The molecule has 1 atom stereocenters. The minimum Gasteiger partial charge on any atom is -0.362 e.